The van der Waals surface area contributed by atoms with Crippen LogP contribution in [-0.2, 0) is 10.0 Å². The number of halogens is 3. The third-order valence-corrected chi connectivity index (χ3v) is 6.88. The molecule has 5 aromatic rings. The van der Waals surface area contributed by atoms with E-state index in [0.717, 1.165) is 24.3 Å². The number of tetrazole rings is 1. The smallest absolute Gasteiger partial charge is 0.406 e. The molecule has 0 unspecified atom stereocenters. The molecule has 0 aliphatic carbocycles. The fourth-order valence-electron chi connectivity index (χ4n) is 3.76. The Bertz CT molecular complexity index is 1860. The molecule has 0 aliphatic heterocycles. The number of nitriles is 1. The number of benzene rings is 3. The van der Waals surface area contributed by atoms with E-state index in [1.54, 1.807) is 12.1 Å². The van der Waals surface area contributed by atoms with Crippen LogP contribution < -0.4 is 14.8 Å². The van der Waals surface area contributed by atoms with Crippen LogP contribution in [0.4, 0.5) is 24.5 Å². The zero-order chi connectivity index (χ0) is 28.5. The van der Waals surface area contributed by atoms with Gasteiger partial charge in [-0.25, -0.2) is 8.42 Å². The van der Waals surface area contributed by atoms with E-state index in [0.29, 0.717) is 22.2 Å². The first-order valence-corrected chi connectivity index (χ1v) is 12.6. The second-order valence-electron chi connectivity index (χ2n) is 8.14. The van der Waals surface area contributed by atoms with Crippen molar-refractivity contribution >= 4 is 38.2 Å². The number of rotatable bonds is 7. The van der Waals surface area contributed by atoms with Crippen LogP contribution in [0.5, 0.6) is 5.75 Å². The summed E-state index contributed by atoms with van der Waals surface area (Å²) in [6.45, 7) is 0. The number of para-hydroxylation sites is 1. The zero-order valence-corrected chi connectivity index (χ0v) is 20.6. The lowest BCUT2D eigenvalue weighted by Crippen LogP contribution is -2.17. The molecule has 0 saturated carbocycles. The molecule has 4 N–H and O–H groups in total. The van der Waals surface area contributed by atoms with Crippen molar-refractivity contribution in [2.24, 2.45) is 0 Å². The standard InChI is InChI=1S/C24H15F3N8O4S/c25-24(26,27)39-15-5-7-16(8-6-15)40(37,38)33-19-3-1-2-14-11-20(29-21(14)19)23(36)30-18-9-4-13(12-28)10-17(18)22-31-34-35-32-22/h1-11,29,33H,(H,30,36)(H,31,32,34,35). The highest BCUT2D eigenvalue weighted by molar-refractivity contribution is 7.92. The molecule has 0 fully saturated rings. The number of hydrogen-bond donors (Lipinski definition) is 4. The van der Waals surface area contributed by atoms with E-state index in [-0.39, 0.29) is 27.6 Å². The Hall–Kier alpha value is -5.43. The largest absolute Gasteiger partial charge is 0.573 e. The van der Waals surface area contributed by atoms with Crippen LogP contribution in [0.15, 0.2) is 71.6 Å². The lowest BCUT2D eigenvalue weighted by molar-refractivity contribution is -0.274. The molecule has 2 aromatic heterocycles. The summed E-state index contributed by atoms with van der Waals surface area (Å²) in [6.07, 6.45) is -4.92. The summed E-state index contributed by atoms with van der Waals surface area (Å²) in [7, 11) is -4.22. The number of amides is 1. The molecule has 3 aromatic carbocycles. The summed E-state index contributed by atoms with van der Waals surface area (Å²) in [4.78, 5) is 15.7. The van der Waals surface area contributed by atoms with Gasteiger partial charge in [-0.15, -0.1) is 23.4 Å². The van der Waals surface area contributed by atoms with E-state index in [1.165, 1.54) is 30.3 Å². The van der Waals surface area contributed by atoms with Crippen molar-refractivity contribution in [1.82, 2.24) is 25.6 Å². The summed E-state index contributed by atoms with van der Waals surface area (Å²) in [5.41, 5.74) is 1.41. The first kappa shape index (κ1) is 26.2. The minimum Gasteiger partial charge on any atom is -0.406 e. The van der Waals surface area contributed by atoms with E-state index in [1.807, 2.05) is 6.07 Å². The quantitative estimate of drug-likeness (QED) is 0.226. The summed E-state index contributed by atoms with van der Waals surface area (Å²) in [5.74, 6) is -1.00. The molecule has 0 spiro atoms. The Morgan fingerprint density at radius 1 is 1.02 bits per heavy atom. The van der Waals surface area contributed by atoms with Gasteiger partial charge >= 0.3 is 6.36 Å². The van der Waals surface area contributed by atoms with Crippen LogP contribution in [-0.4, -0.2) is 46.3 Å². The first-order chi connectivity index (χ1) is 19.0. The molecule has 202 valence electrons. The molecular weight excluding hydrogens is 553 g/mol. The molecule has 16 heteroatoms. The monoisotopic (exact) mass is 568 g/mol. The van der Waals surface area contributed by atoms with Crippen LogP contribution in [0, 0.1) is 11.3 Å². The van der Waals surface area contributed by atoms with Crippen LogP contribution in [0.1, 0.15) is 16.1 Å². The molecule has 2 heterocycles. The number of sulfonamides is 1. The number of aromatic amines is 2. The topological polar surface area (TPSA) is 179 Å². The van der Waals surface area contributed by atoms with Crippen molar-refractivity contribution in [3.8, 4) is 23.2 Å². The van der Waals surface area contributed by atoms with E-state index in [2.05, 4.69) is 40.4 Å². The highest BCUT2D eigenvalue weighted by Crippen LogP contribution is 2.30. The number of hydrogen-bond acceptors (Lipinski definition) is 8. The van der Waals surface area contributed by atoms with Crippen molar-refractivity contribution in [3.05, 3.63) is 78.0 Å². The van der Waals surface area contributed by atoms with Gasteiger partial charge in [-0.2, -0.15) is 10.5 Å². The molecule has 0 atom stereocenters. The Morgan fingerprint density at radius 3 is 2.48 bits per heavy atom. The number of H-pyrrole nitrogens is 2. The third kappa shape index (κ3) is 5.54. The molecule has 0 saturated heterocycles. The second kappa shape index (κ2) is 10.0. The Balaban J connectivity index is 1.40. The molecule has 5 rings (SSSR count). The number of aromatic nitrogens is 5. The van der Waals surface area contributed by atoms with Gasteiger partial charge in [0, 0.05) is 10.9 Å². The van der Waals surface area contributed by atoms with E-state index in [9.17, 15) is 31.6 Å². The minimum absolute atomic E-state index is 0.0822. The Labute approximate surface area is 222 Å². The van der Waals surface area contributed by atoms with Crippen LogP contribution in [0.2, 0.25) is 0 Å². The van der Waals surface area contributed by atoms with Gasteiger partial charge in [0.1, 0.15) is 11.4 Å². The summed E-state index contributed by atoms with van der Waals surface area (Å²) in [6, 6.07) is 16.4. The number of anilines is 2. The predicted octanol–water partition coefficient (Wildman–Crippen LogP) is 4.17. The maximum atomic E-state index is 13.1. The minimum atomic E-state index is -4.92. The SMILES string of the molecule is N#Cc1ccc(NC(=O)c2cc3cccc(NS(=O)(=O)c4ccc(OC(F)(F)F)cc4)c3[nH]2)c(-c2nn[nH]n2)c1. The number of alkyl halides is 3. The van der Waals surface area contributed by atoms with Crippen LogP contribution in [0.3, 0.4) is 0 Å². The van der Waals surface area contributed by atoms with Gasteiger partial charge in [-0.3, -0.25) is 9.52 Å². The van der Waals surface area contributed by atoms with Gasteiger partial charge in [-0.1, -0.05) is 12.1 Å². The fourth-order valence-corrected chi connectivity index (χ4v) is 4.83. The van der Waals surface area contributed by atoms with Gasteiger partial charge in [0.15, 0.2) is 0 Å². The van der Waals surface area contributed by atoms with Gasteiger partial charge in [0.05, 0.1) is 33.4 Å². The molecule has 0 aliphatic rings. The second-order valence-corrected chi connectivity index (χ2v) is 9.82. The van der Waals surface area contributed by atoms with Gasteiger partial charge in [0.2, 0.25) is 5.82 Å². The lowest BCUT2D eigenvalue weighted by atomic mass is 10.1. The molecule has 1 amide bonds. The number of fused-ring (bicyclic) bond motifs is 1. The highest BCUT2D eigenvalue weighted by Gasteiger charge is 2.31. The Kier molecular flexibility index (Phi) is 6.57. The summed E-state index contributed by atoms with van der Waals surface area (Å²) in [5, 5.41) is 26.0. The lowest BCUT2D eigenvalue weighted by Gasteiger charge is -2.11. The predicted molar refractivity (Wildman–Crippen MR) is 135 cm³/mol. The maximum absolute atomic E-state index is 13.1. The van der Waals surface area contributed by atoms with Gasteiger partial charge in [0.25, 0.3) is 15.9 Å². The average Bonchev–Trinajstić information content (AvgIpc) is 3.59. The molecule has 40 heavy (non-hydrogen) atoms. The van der Waals surface area contributed by atoms with E-state index in [4.69, 9.17) is 0 Å². The Morgan fingerprint density at radius 2 is 1.80 bits per heavy atom. The van der Waals surface area contributed by atoms with E-state index < -0.39 is 28.0 Å². The number of nitrogens with zero attached hydrogens (tertiary/aromatic N) is 4. The van der Waals surface area contributed by atoms with Gasteiger partial charge < -0.3 is 15.0 Å². The molecular formula is C24H15F3N8O4S. The van der Waals surface area contributed by atoms with Crippen molar-refractivity contribution in [3.63, 3.8) is 0 Å². The number of carbonyl (C=O) groups is 1. The average molecular weight is 568 g/mol. The summed E-state index contributed by atoms with van der Waals surface area (Å²) >= 11 is 0. The van der Waals surface area contributed by atoms with Crippen LogP contribution in [0.25, 0.3) is 22.3 Å². The summed E-state index contributed by atoms with van der Waals surface area (Å²) < 4.78 is 69.2. The van der Waals surface area contributed by atoms with Crippen molar-refractivity contribution in [2.75, 3.05) is 10.0 Å². The molecule has 0 radical (unpaired) electrons. The molecule has 12 nitrogen and oxygen atoms in total. The number of nitrogens with one attached hydrogen (secondary N) is 4. The fraction of sp³-hybridized carbons (Fsp3) is 0.0417. The third-order valence-electron chi connectivity index (χ3n) is 5.50. The van der Waals surface area contributed by atoms with Crippen molar-refractivity contribution in [2.45, 2.75) is 11.3 Å². The maximum Gasteiger partial charge on any atom is 0.573 e. The number of carbonyl (C=O) groups excluding carboxylic acids is 1. The van der Waals surface area contributed by atoms with Crippen LogP contribution >= 0.6 is 0 Å². The molecule has 0 bridgehead atoms. The highest BCUT2D eigenvalue weighted by atomic mass is 32.2. The van der Waals surface area contributed by atoms with E-state index >= 15 is 0 Å². The normalized spacial score (nSPS) is 11.7. The van der Waals surface area contributed by atoms with Crippen molar-refractivity contribution in [1.29, 1.82) is 5.26 Å². The first-order valence-electron chi connectivity index (χ1n) is 11.1. The number of ether oxygens (including phenoxy) is 1. The zero-order valence-electron chi connectivity index (χ0n) is 19.8. The van der Waals surface area contributed by atoms with Gasteiger partial charge in [-0.05, 0) is 59.8 Å². The van der Waals surface area contributed by atoms with Crippen molar-refractivity contribution < 1.29 is 31.1 Å².